The van der Waals surface area contributed by atoms with Crippen LogP contribution in [0.2, 0.25) is 0 Å². The summed E-state index contributed by atoms with van der Waals surface area (Å²) in [5, 5.41) is 13.1. The van der Waals surface area contributed by atoms with Gasteiger partial charge in [0.15, 0.2) is 11.0 Å². The fourth-order valence-corrected chi connectivity index (χ4v) is 5.55. The molecule has 1 N–H and O–H groups in total. The van der Waals surface area contributed by atoms with Crippen LogP contribution in [0.25, 0.3) is 11.4 Å². The van der Waals surface area contributed by atoms with Gasteiger partial charge in [-0.2, -0.15) is 0 Å². The molecular weight excluding hydrogens is 452 g/mol. The Morgan fingerprint density at radius 2 is 1.74 bits per heavy atom. The van der Waals surface area contributed by atoms with Crippen LogP contribution >= 0.6 is 11.8 Å². The van der Waals surface area contributed by atoms with Crippen molar-refractivity contribution in [2.75, 3.05) is 5.75 Å². The van der Waals surface area contributed by atoms with Gasteiger partial charge < -0.3 is 5.32 Å². The number of nitrogens with zero attached hydrogens (tertiary/aromatic N) is 3. The topological polar surface area (TPSA) is 59.8 Å². The number of rotatable bonds is 7. The van der Waals surface area contributed by atoms with Gasteiger partial charge in [0.1, 0.15) is 0 Å². The summed E-state index contributed by atoms with van der Waals surface area (Å²) in [5.41, 5.74) is 3.59. The van der Waals surface area contributed by atoms with E-state index in [4.69, 9.17) is 0 Å². The molecule has 35 heavy (non-hydrogen) atoms. The molecule has 0 radical (unpaired) electrons. The van der Waals surface area contributed by atoms with Gasteiger partial charge in [-0.25, -0.2) is 0 Å². The Morgan fingerprint density at radius 3 is 2.43 bits per heavy atom. The molecule has 2 aromatic carbocycles. The Morgan fingerprint density at radius 1 is 1.03 bits per heavy atom. The first kappa shape index (κ1) is 25.5. The highest BCUT2D eigenvalue weighted by molar-refractivity contribution is 7.99. The molecule has 3 aromatic rings. The lowest BCUT2D eigenvalue weighted by Gasteiger charge is -2.34. The Labute approximate surface area is 214 Å². The van der Waals surface area contributed by atoms with Gasteiger partial charge in [0.25, 0.3) is 0 Å². The number of aromatic nitrogens is 3. The van der Waals surface area contributed by atoms with Crippen molar-refractivity contribution in [3.8, 4) is 11.4 Å². The van der Waals surface area contributed by atoms with Gasteiger partial charge in [-0.05, 0) is 34.8 Å². The second-order valence-electron chi connectivity index (χ2n) is 10.9. The number of carbonyl (C=O) groups excluding carboxylic acids is 1. The fraction of sp³-hybridized carbons (Fsp3) is 0.483. The smallest absolute Gasteiger partial charge is 0.230 e. The van der Waals surface area contributed by atoms with Gasteiger partial charge in [0.2, 0.25) is 5.91 Å². The predicted octanol–water partition coefficient (Wildman–Crippen LogP) is 6.32. The van der Waals surface area contributed by atoms with Crippen LogP contribution < -0.4 is 5.32 Å². The highest BCUT2D eigenvalue weighted by atomic mass is 32.2. The molecule has 1 aromatic heterocycles. The van der Waals surface area contributed by atoms with Gasteiger partial charge in [-0.3, -0.25) is 9.36 Å². The van der Waals surface area contributed by atoms with Crippen molar-refractivity contribution in [2.45, 2.75) is 77.0 Å². The average molecular weight is 491 g/mol. The third kappa shape index (κ3) is 6.35. The Hall–Kier alpha value is -2.60. The molecule has 1 aliphatic carbocycles. The molecule has 0 aliphatic heterocycles. The summed E-state index contributed by atoms with van der Waals surface area (Å²) in [4.78, 5) is 12.8. The SMILES string of the molecule is CC1CCCC(NC(=O)CSc2nnc(-c3ccc(C(C)(C)C)cc3)n2Cc2ccccc2)C1C. The zero-order valence-corrected chi connectivity index (χ0v) is 22.4. The van der Waals surface area contributed by atoms with Crippen molar-refractivity contribution in [1.29, 1.82) is 0 Å². The predicted molar refractivity (Wildman–Crippen MR) is 145 cm³/mol. The van der Waals surface area contributed by atoms with E-state index < -0.39 is 0 Å². The van der Waals surface area contributed by atoms with Crippen LogP contribution in [0, 0.1) is 11.8 Å². The number of benzene rings is 2. The Bertz CT molecular complexity index is 1120. The number of carbonyl (C=O) groups is 1. The molecule has 3 atom stereocenters. The zero-order valence-electron chi connectivity index (χ0n) is 21.6. The quantitative estimate of drug-likeness (QED) is 0.394. The van der Waals surface area contributed by atoms with Crippen molar-refractivity contribution in [2.24, 2.45) is 11.8 Å². The summed E-state index contributed by atoms with van der Waals surface area (Å²) in [5.74, 6) is 2.41. The van der Waals surface area contributed by atoms with Crippen molar-refractivity contribution in [1.82, 2.24) is 20.1 Å². The molecule has 1 fully saturated rings. The number of hydrogen-bond donors (Lipinski definition) is 1. The summed E-state index contributed by atoms with van der Waals surface area (Å²) < 4.78 is 2.13. The van der Waals surface area contributed by atoms with E-state index in [0.29, 0.717) is 24.1 Å². The van der Waals surface area contributed by atoms with Gasteiger partial charge in [-0.15, -0.1) is 10.2 Å². The first-order valence-corrected chi connectivity index (χ1v) is 13.7. The van der Waals surface area contributed by atoms with E-state index in [-0.39, 0.29) is 17.4 Å². The minimum absolute atomic E-state index is 0.0753. The molecule has 1 aliphatic rings. The molecule has 1 heterocycles. The van der Waals surface area contributed by atoms with Gasteiger partial charge in [0.05, 0.1) is 12.3 Å². The number of thioether (sulfide) groups is 1. The maximum Gasteiger partial charge on any atom is 0.230 e. The normalized spacial score (nSPS) is 20.5. The van der Waals surface area contributed by atoms with Crippen LogP contribution in [0.5, 0.6) is 0 Å². The minimum atomic E-state index is 0.0753. The number of nitrogens with one attached hydrogen (secondary N) is 1. The first-order valence-electron chi connectivity index (χ1n) is 12.7. The standard InChI is InChI=1S/C29H38N4OS/c1-20-10-9-13-25(21(20)2)30-26(34)19-35-28-32-31-27(33(28)18-22-11-7-6-8-12-22)23-14-16-24(17-15-23)29(3,4)5/h6-8,11-12,14-17,20-21,25H,9-10,13,18-19H2,1-5H3,(H,30,34). The molecule has 0 saturated heterocycles. The Balaban J connectivity index is 1.53. The lowest BCUT2D eigenvalue weighted by atomic mass is 9.78. The van der Waals surface area contributed by atoms with E-state index in [1.54, 1.807) is 0 Å². The maximum atomic E-state index is 12.8. The molecule has 3 unspecified atom stereocenters. The van der Waals surface area contributed by atoms with Crippen LogP contribution in [-0.2, 0) is 16.8 Å². The Kier molecular flexibility index (Phi) is 8.00. The molecule has 0 bridgehead atoms. The molecule has 186 valence electrons. The minimum Gasteiger partial charge on any atom is -0.352 e. The molecule has 0 spiro atoms. The van der Waals surface area contributed by atoms with E-state index in [9.17, 15) is 4.79 Å². The number of hydrogen-bond acceptors (Lipinski definition) is 4. The largest absolute Gasteiger partial charge is 0.352 e. The van der Waals surface area contributed by atoms with E-state index in [1.165, 1.54) is 35.7 Å². The van der Waals surface area contributed by atoms with E-state index in [2.05, 4.69) is 91.1 Å². The second-order valence-corrected chi connectivity index (χ2v) is 11.9. The summed E-state index contributed by atoms with van der Waals surface area (Å²) in [6, 6.07) is 19.2. The van der Waals surface area contributed by atoms with Crippen molar-refractivity contribution >= 4 is 17.7 Å². The fourth-order valence-electron chi connectivity index (χ4n) is 4.80. The van der Waals surface area contributed by atoms with Crippen LogP contribution in [-0.4, -0.2) is 32.5 Å². The molecule has 5 nitrogen and oxygen atoms in total. The zero-order chi connectivity index (χ0) is 25.0. The average Bonchev–Trinajstić information content (AvgIpc) is 3.23. The van der Waals surface area contributed by atoms with Crippen LogP contribution in [0.1, 0.15) is 65.0 Å². The van der Waals surface area contributed by atoms with Crippen molar-refractivity contribution in [3.63, 3.8) is 0 Å². The van der Waals surface area contributed by atoms with Crippen LogP contribution in [0.15, 0.2) is 59.8 Å². The highest BCUT2D eigenvalue weighted by Crippen LogP contribution is 2.31. The highest BCUT2D eigenvalue weighted by Gasteiger charge is 2.28. The molecule has 4 rings (SSSR count). The van der Waals surface area contributed by atoms with Gasteiger partial charge >= 0.3 is 0 Å². The monoisotopic (exact) mass is 490 g/mol. The van der Waals surface area contributed by atoms with Crippen molar-refractivity contribution in [3.05, 3.63) is 65.7 Å². The van der Waals surface area contributed by atoms with Gasteiger partial charge in [0, 0.05) is 11.6 Å². The maximum absolute atomic E-state index is 12.8. The van der Waals surface area contributed by atoms with E-state index >= 15 is 0 Å². The lowest BCUT2D eigenvalue weighted by molar-refractivity contribution is -0.120. The molecule has 1 saturated carbocycles. The third-order valence-electron chi connectivity index (χ3n) is 7.30. The lowest BCUT2D eigenvalue weighted by Crippen LogP contribution is -2.44. The van der Waals surface area contributed by atoms with Crippen molar-refractivity contribution < 1.29 is 4.79 Å². The van der Waals surface area contributed by atoms with Gasteiger partial charge in [-0.1, -0.05) is 114 Å². The second kappa shape index (κ2) is 11.0. The summed E-state index contributed by atoms with van der Waals surface area (Å²) >= 11 is 1.47. The van der Waals surface area contributed by atoms with E-state index in [1.807, 2.05) is 18.2 Å². The molecular formula is C29H38N4OS. The van der Waals surface area contributed by atoms with Crippen LogP contribution in [0.3, 0.4) is 0 Å². The first-order chi connectivity index (χ1) is 16.7. The number of amides is 1. The van der Waals surface area contributed by atoms with E-state index in [0.717, 1.165) is 23.0 Å². The molecule has 6 heteroatoms. The summed E-state index contributed by atoms with van der Waals surface area (Å²) in [7, 11) is 0. The molecule has 1 amide bonds. The third-order valence-corrected chi connectivity index (χ3v) is 8.26. The van der Waals surface area contributed by atoms with Crippen LogP contribution in [0.4, 0.5) is 0 Å². The summed E-state index contributed by atoms with van der Waals surface area (Å²) in [6.07, 6.45) is 3.51. The summed E-state index contributed by atoms with van der Waals surface area (Å²) in [6.45, 7) is 11.9.